The Bertz CT molecular complexity index is 1100. The fourth-order valence-corrected chi connectivity index (χ4v) is 2.68. The molecule has 0 saturated heterocycles. The summed E-state index contributed by atoms with van der Waals surface area (Å²) in [6, 6.07) is 9.10. The van der Waals surface area contributed by atoms with Gasteiger partial charge < -0.3 is 10.1 Å². The highest BCUT2D eigenvalue weighted by Gasteiger charge is 2.14. The zero-order valence-electron chi connectivity index (χ0n) is 15.3. The summed E-state index contributed by atoms with van der Waals surface area (Å²) in [4.78, 5) is 13.2. The maximum Gasteiger partial charge on any atom is 0.257 e. The molecule has 0 unspecified atom stereocenters. The first-order valence-electron chi connectivity index (χ1n) is 8.59. The van der Waals surface area contributed by atoms with E-state index in [0.717, 1.165) is 16.1 Å². The number of aromatic amines is 1. The maximum atomic E-state index is 12.6. The Labute approximate surface area is 163 Å². The van der Waals surface area contributed by atoms with Crippen molar-refractivity contribution in [2.45, 2.75) is 13.0 Å². The topological polar surface area (TPSA) is 106 Å². The lowest BCUT2D eigenvalue weighted by molar-refractivity contribution is 0.121. The smallest absolute Gasteiger partial charge is 0.257 e. The molecule has 4 rings (SSSR count). The van der Waals surface area contributed by atoms with Crippen molar-refractivity contribution < 1.29 is 13.5 Å². The minimum absolute atomic E-state index is 0.166. The molecule has 0 bridgehead atoms. The van der Waals surface area contributed by atoms with Gasteiger partial charge in [0.2, 0.25) is 5.95 Å². The zero-order chi connectivity index (χ0) is 20.2. The van der Waals surface area contributed by atoms with Crippen LogP contribution in [-0.4, -0.2) is 48.5 Å². The fraction of sp³-hybridized carbons (Fsp3) is 0.167. The molecule has 0 fully saturated rings. The van der Waals surface area contributed by atoms with Crippen LogP contribution < -0.4 is 10.1 Å². The molecular formula is C18H16F2N8O. The molecule has 0 aliphatic heterocycles. The van der Waals surface area contributed by atoms with Gasteiger partial charge in [-0.1, -0.05) is 6.07 Å². The summed E-state index contributed by atoms with van der Waals surface area (Å²) in [7, 11) is 1.41. The number of halogens is 2. The van der Waals surface area contributed by atoms with E-state index in [1.54, 1.807) is 18.5 Å². The van der Waals surface area contributed by atoms with Crippen molar-refractivity contribution >= 4 is 11.6 Å². The summed E-state index contributed by atoms with van der Waals surface area (Å²) >= 11 is 0. The van der Waals surface area contributed by atoms with E-state index in [9.17, 15) is 8.78 Å². The van der Waals surface area contributed by atoms with Crippen molar-refractivity contribution in [3.05, 3.63) is 48.9 Å². The van der Waals surface area contributed by atoms with Crippen LogP contribution >= 0.6 is 0 Å². The SMILES string of the molecule is COc1nn(CC(F)F)cc1Nc1nccc(-c2cccc(-c3ccn[nH]3)n2)n1. The van der Waals surface area contributed by atoms with Gasteiger partial charge in [-0.15, -0.1) is 5.10 Å². The zero-order valence-corrected chi connectivity index (χ0v) is 15.3. The normalized spacial score (nSPS) is 11.0. The molecule has 0 atom stereocenters. The third-order valence-electron chi connectivity index (χ3n) is 3.94. The van der Waals surface area contributed by atoms with Crippen molar-refractivity contribution in [1.29, 1.82) is 0 Å². The standard InChI is InChI=1S/C18H16F2N8O/c1-29-17-15(9-28(27-17)10-16(19)20)25-18-21-7-5-13(24-18)11-3-2-4-12(23-11)14-6-8-22-26-14/h2-9,16H,10H2,1H3,(H,22,26)(H,21,24,25). The van der Waals surface area contributed by atoms with Gasteiger partial charge in [0, 0.05) is 12.4 Å². The Morgan fingerprint density at radius 2 is 1.93 bits per heavy atom. The molecule has 0 radical (unpaired) electrons. The van der Waals surface area contributed by atoms with Crippen LogP contribution in [0, 0.1) is 0 Å². The highest BCUT2D eigenvalue weighted by atomic mass is 19.3. The Hall–Kier alpha value is -3.89. The molecule has 0 aliphatic carbocycles. The van der Waals surface area contributed by atoms with Crippen LogP contribution in [0.4, 0.5) is 20.4 Å². The Morgan fingerprint density at radius 1 is 1.10 bits per heavy atom. The van der Waals surface area contributed by atoms with Gasteiger partial charge >= 0.3 is 0 Å². The van der Waals surface area contributed by atoms with E-state index in [-0.39, 0.29) is 11.8 Å². The van der Waals surface area contributed by atoms with Crippen molar-refractivity contribution in [3.63, 3.8) is 0 Å². The first kappa shape index (κ1) is 18.5. The number of anilines is 2. The largest absolute Gasteiger partial charge is 0.478 e. The Kier molecular flexibility index (Phi) is 5.10. The number of nitrogens with one attached hydrogen (secondary N) is 2. The Balaban J connectivity index is 1.60. The number of H-pyrrole nitrogens is 1. The average Bonchev–Trinajstić information content (AvgIpc) is 3.38. The summed E-state index contributed by atoms with van der Waals surface area (Å²) in [5.41, 5.74) is 3.12. The maximum absolute atomic E-state index is 12.6. The highest BCUT2D eigenvalue weighted by Crippen LogP contribution is 2.26. The van der Waals surface area contributed by atoms with E-state index in [1.165, 1.54) is 13.3 Å². The number of aromatic nitrogens is 7. The lowest BCUT2D eigenvalue weighted by Gasteiger charge is -2.06. The number of hydrogen-bond acceptors (Lipinski definition) is 7. The van der Waals surface area contributed by atoms with Gasteiger partial charge in [0.1, 0.15) is 12.2 Å². The second-order valence-corrected chi connectivity index (χ2v) is 5.93. The number of nitrogens with zero attached hydrogens (tertiary/aromatic N) is 6. The molecule has 0 aliphatic rings. The molecule has 2 N–H and O–H groups in total. The van der Waals surface area contributed by atoms with E-state index in [2.05, 4.69) is 35.6 Å². The van der Waals surface area contributed by atoms with Crippen LogP contribution in [0.1, 0.15) is 0 Å². The molecule has 4 aromatic rings. The highest BCUT2D eigenvalue weighted by molar-refractivity contribution is 5.64. The van der Waals surface area contributed by atoms with Crippen molar-refractivity contribution in [2.75, 3.05) is 12.4 Å². The lowest BCUT2D eigenvalue weighted by atomic mass is 10.2. The van der Waals surface area contributed by atoms with Crippen LogP contribution in [0.5, 0.6) is 5.88 Å². The summed E-state index contributed by atoms with van der Waals surface area (Å²) in [5.74, 6) is 0.421. The molecule has 0 saturated carbocycles. The molecule has 148 valence electrons. The fourth-order valence-electron chi connectivity index (χ4n) is 2.68. The third kappa shape index (κ3) is 4.18. The van der Waals surface area contributed by atoms with E-state index < -0.39 is 13.0 Å². The average molecular weight is 398 g/mol. The van der Waals surface area contributed by atoms with E-state index in [4.69, 9.17) is 4.74 Å². The summed E-state index contributed by atoms with van der Waals surface area (Å²) in [6.07, 6.45) is 2.11. The van der Waals surface area contributed by atoms with Gasteiger partial charge in [0.25, 0.3) is 12.3 Å². The summed E-state index contributed by atoms with van der Waals surface area (Å²) in [6.45, 7) is -0.538. The predicted octanol–water partition coefficient (Wildman–Crippen LogP) is 3.14. The van der Waals surface area contributed by atoms with Crippen LogP contribution in [0.3, 0.4) is 0 Å². The first-order chi connectivity index (χ1) is 14.1. The predicted molar refractivity (Wildman–Crippen MR) is 101 cm³/mol. The summed E-state index contributed by atoms with van der Waals surface area (Å²) < 4.78 is 31.5. The molecule has 0 amide bonds. The van der Waals surface area contributed by atoms with Gasteiger partial charge in [0.15, 0.2) is 0 Å². The number of rotatable bonds is 7. The van der Waals surface area contributed by atoms with Crippen molar-refractivity contribution in [2.24, 2.45) is 0 Å². The van der Waals surface area contributed by atoms with Gasteiger partial charge in [-0.05, 0) is 24.3 Å². The van der Waals surface area contributed by atoms with Crippen LogP contribution in [0.25, 0.3) is 22.8 Å². The second kappa shape index (κ2) is 8.00. The second-order valence-electron chi connectivity index (χ2n) is 5.93. The quantitative estimate of drug-likeness (QED) is 0.492. The molecule has 9 nitrogen and oxygen atoms in total. The Morgan fingerprint density at radius 3 is 2.69 bits per heavy atom. The molecule has 4 aromatic heterocycles. The van der Waals surface area contributed by atoms with E-state index >= 15 is 0 Å². The third-order valence-corrected chi connectivity index (χ3v) is 3.94. The van der Waals surface area contributed by atoms with Crippen molar-refractivity contribution in [1.82, 2.24) is 34.9 Å². The van der Waals surface area contributed by atoms with Crippen LogP contribution in [0.2, 0.25) is 0 Å². The minimum Gasteiger partial charge on any atom is -0.478 e. The molecule has 0 aromatic carbocycles. The van der Waals surface area contributed by atoms with Gasteiger partial charge in [-0.2, -0.15) is 5.10 Å². The molecule has 0 spiro atoms. The first-order valence-corrected chi connectivity index (χ1v) is 8.59. The van der Waals surface area contributed by atoms with E-state index in [0.29, 0.717) is 17.1 Å². The number of pyridine rings is 1. The number of methoxy groups -OCH3 is 1. The number of ether oxygens (including phenoxy) is 1. The lowest BCUT2D eigenvalue weighted by Crippen LogP contribution is -2.06. The molecular weight excluding hydrogens is 382 g/mol. The van der Waals surface area contributed by atoms with E-state index in [1.807, 2.05) is 24.3 Å². The monoisotopic (exact) mass is 398 g/mol. The number of hydrogen-bond donors (Lipinski definition) is 2. The summed E-state index contributed by atoms with van der Waals surface area (Å²) in [5, 5.41) is 13.7. The minimum atomic E-state index is -2.53. The van der Waals surface area contributed by atoms with Gasteiger partial charge in [-0.3, -0.25) is 9.78 Å². The van der Waals surface area contributed by atoms with Gasteiger partial charge in [0.05, 0.1) is 36.1 Å². The molecule has 11 heteroatoms. The number of alkyl halides is 2. The molecule has 4 heterocycles. The van der Waals surface area contributed by atoms with Crippen LogP contribution in [0.15, 0.2) is 48.9 Å². The van der Waals surface area contributed by atoms with Crippen LogP contribution in [-0.2, 0) is 6.54 Å². The van der Waals surface area contributed by atoms with Crippen molar-refractivity contribution in [3.8, 4) is 28.7 Å². The molecule has 29 heavy (non-hydrogen) atoms. The van der Waals surface area contributed by atoms with Gasteiger partial charge in [-0.25, -0.2) is 23.7 Å².